The van der Waals surface area contributed by atoms with E-state index in [0.717, 1.165) is 12.3 Å². The first kappa shape index (κ1) is 13.3. The van der Waals surface area contributed by atoms with Crippen LogP contribution in [0, 0.1) is 0 Å². The molecule has 0 bridgehead atoms. The van der Waals surface area contributed by atoms with Gasteiger partial charge < -0.3 is 4.74 Å². The number of alkyl halides is 3. The minimum absolute atomic E-state index is 0.377. The van der Waals surface area contributed by atoms with Gasteiger partial charge in [0.25, 0.3) is 0 Å². The molecule has 94 valence electrons. The molecule has 1 N–H and O–H groups in total. The lowest BCUT2D eigenvalue weighted by atomic mass is 10.2. The Bertz CT molecular complexity index is 405. The molecule has 7 heteroatoms. The molecule has 0 spiro atoms. The summed E-state index contributed by atoms with van der Waals surface area (Å²) < 4.78 is 42.3. The summed E-state index contributed by atoms with van der Waals surface area (Å²) in [6, 6.07) is 1.06. The number of amides is 1. The van der Waals surface area contributed by atoms with E-state index >= 15 is 0 Å². The molecular weight excluding hydrogens is 237 g/mol. The fourth-order valence-electron chi connectivity index (χ4n) is 1.08. The van der Waals surface area contributed by atoms with Gasteiger partial charge in [-0.25, -0.2) is 4.79 Å². The first-order valence-corrected chi connectivity index (χ1v) is 4.79. The van der Waals surface area contributed by atoms with Crippen molar-refractivity contribution >= 4 is 11.8 Å². The number of anilines is 1. The molecule has 0 aliphatic heterocycles. The third-order valence-electron chi connectivity index (χ3n) is 1.71. The number of nitrogens with one attached hydrogen (secondary N) is 1. The predicted octanol–water partition coefficient (Wildman–Crippen LogP) is 3.06. The van der Waals surface area contributed by atoms with Crippen LogP contribution in [-0.2, 0) is 10.9 Å². The van der Waals surface area contributed by atoms with Crippen molar-refractivity contribution in [2.75, 3.05) is 5.32 Å². The molecule has 0 saturated heterocycles. The van der Waals surface area contributed by atoms with Crippen molar-refractivity contribution in [2.24, 2.45) is 0 Å². The van der Waals surface area contributed by atoms with Gasteiger partial charge >= 0.3 is 12.3 Å². The van der Waals surface area contributed by atoms with Crippen molar-refractivity contribution in [3.8, 4) is 0 Å². The van der Waals surface area contributed by atoms with Gasteiger partial charge in [-0.15, -0.1) is 0 Å². The van der Waals surface area contributed by atoms with E-state index in [1.807, 2.05) is 5.32 Å². The molecule has 1 aromatic heterocycles. The second-order valence-electron chi connectivity index (χ2n) is 3.50. The van der Waals surface area contributed by atoms with E-state index in [0.29, 0.717) is 6.20 Å². The first-order valence-electron chi connectivity index (χ1n) is 4.79. The minimum atomic E-state index is -4.57. The SMILES string of the molecule is CC(C)OC(=O)Nc1ccncc1C(F)(F)F. The number of pyridine rings is 1. The minimum Gasteiger partial charge on any atom is -0.447 e. The van der Waals surface area contributed by atoms with Gasteiger partial charge in [0.05, 0.1) is 17.4 Å². The molecule has 17 heavy (non-hydrogen) atoms. The molecule has 0 unspecified atom stereocenters. The highest BCUT2D eigenvalue weighted by atomic mass is 19.4. The zero-order chi connectivity index (χ0) is 13.1. The van der Waals surface area contributed by atoms with E-state index < -0.39 is 23.9 Å². The molecule has 1 heterocycles. The average molecular weight is 248 g/mol. The Morgan fingerprint density at radius 1 is 1.47 bits per heavy atom. The number of carbonyl (C=O) groups is 1. The van der Waals surface area contributed by atoms with Gasteiger partial charge in [0.15, 0.2) is 0 Å². The Kier molecular flexibility index (Phi) is 3.93. The van der Waals surface area contributed by atoms with Gasteiger partial charge in [-0.05, 0) is 19.9 Å². The standard InChI is InChI=1S/C10H11F3N2O2/c1-6(2)17-9(16)15-8-3-4-14-5-7(8)10(11,12)13/h3-6H,1-2H3,(H,14,15,16). The van der Waals surface area contributed by atoms with Gasteiger partial charge in [0, 0.05) is 12.4 Å². The summed E-state index contributed by atoms with van der Waals surface area (Å²) in [6.45, 7) is 3.19. The Balaban J connectivity index is 2.88. The molecular formula is C10H11F3N2O2. The summed E-state index contributed by atoms with van der Waals surface area (Å²) >= 11 is 0. The Morgan fingerprint density at radius 3 is 2.65 bits per heavy atom. The number of hydrogen-bond donors (Lipinski definition) is 1. The van der Waals surface area contributed by atoms with Crippen LogP contribution in [0.15, 0.2) is 18.5 Å². The summed E-state index contributed by atoms with van der Waals surface area (Å²) in [5.74, 6) is 0. The van der Waals surface area contributed by atoms with Crippen LogP contribution in [0.3, 0.4) is 0 Å². The molecule has 1 rings (SSSR count). The second kappa shape index (κ2) is 5.03. The normalized spacial score (nSPS) is 11.4. The van der Waals surface area contributed by atoms with Crippen molar-refractivity contribution in [1.82, 2.24) is 4.98 Å². The fraction of sp³-hybridized carbons (Fsp3) is 0.400. The van der Waals surface area contributed by atoms with Crippen molar-refractivity contribution in [2.45, 2.75) is 26.1 Å². The lowest BCUT2D eigenvalue weighted by Crippen LogP contribution is -2.20. The molecule has 0 aliphatic rings. The maximum atomic E-state index is 12.5. The summed E-state index contributed by atoms with van der Waals surface area (Å²) in [4.78, 5) is 14.5. The molecule has 0 atom stereocenters. The van der Waals surface area contributed by atoms with E-state index in [-0.39, 0.29) is 5.69 Å². The number of ether oxygens (including phenoxy) is 1. The molecule has 0 saturated carbocycles. The Labute approximate surface area is 95.8 Å². The van der Waals surface area contributed by atoms with E-state index in [4.69, 9.17) is 0 Å². The zero-order valence-corrected chi connectivity index (χ0v) is 9.21. The number of aromatic nitrogens is 1. The van der Waals surface area contributed by atoms with Crippen molar-refractivity contribution in [3.05, 3.63) is 24.0 Å². The summed E-state index contributed by atoms with van der Waals surface area (Å²) in [5.41, 5.74) is -1.39. The number of halogens is 3. The van der Waals surface area contributed by atoms with Gasteiger partial charge in [0.1, 0.15) is 0 Å². The summed E-state index contributed by atoms with van der Waals surface area (Å²) in [5, 5.41) is 2.03. The average Bonchev–Trinajstić information content (AvgIpc) is 2.15. The van der Waals surface area contributed by atoms with Gasteiger partial charge in [0.2, 0.25) is 0 Å². The lowest BCUT2D eigenvalue weighted by Gasteiger charge is -2.14. The maximum absolute atomic E-state index is 12.5. The number of rotatable bonds is 2. The predicted molar refractivity (Wildman–Crippen MR) is 54.5 cm³/mol. The molecule has 4 nitrogen and oxygen atoms in total. The van der Waals surface area contributed by atoms with Crippen LogP contribution in [0.5, 0.6) is 0 Å². The smallest absolute Gasteiger partial charge is 0.419 e. The monoisotopic (exact) mass is 248 g/mol. The molecule has 0 aliphatic carbocycles. The van der Waals surface area contributed by atoms with Crippen LogP contribution < -0.4 is 5.32 Å². The Hall–Kier alpha value is -1.79. The molecule has 0 fully saturated rings. The first-order chi connectivity index (χ1) is 7.80. The van der Waals surface area contributed by atoms with Gasteiger partial charge in [-0.2, -0.15) is 13.2 Å². The Morgan fingerprint density at radius 2 is 2.12 bits per heavy atom. The van der Waals surface area contributed by atoms with Crippen molar-refractivity contribution < 1.29 is 22.7 Å². The molecule has 0 aromatic carbocycles. The third-order valence-corrected chi connectivity index (χ3v) is 1.71. The molecule has 0 radical (unpaired) electrons. The highest BCUT2D eigenvalue weighted by Crippen LogP contribution is 2.33. The number of nitrogens with zero attached hydrogens (tertiary/aromatic N) is 1. The fourth-order valence-corrected chi connectivity index (χ4v) is 1.08. The number of hydrogen-bond acceptors (Lipinski definition) is 3. The summed E-state index contributed by atoms with van der Waals surface area (Å²) in [6.07, 6.45) is -4.12. The highest BCUT2D eigenvalue weighted by Gasteiger charge is 2.34. The van der Waals surface area contributed by atoms with Crippen LogP contribution in [-0.4, -0.2) is 17.2 Å². The third kappa shape index (κ3) is 3.93. The van der Waals surface area contributed by atoms with Crippen molar-refractivity contribution in [1.29, 1.82) is 0 Å². The second-order valence-corrected chi connectivity index (χ2v) is 3.50. The van der Waals surface area contributed by atoms with E-state index in [1.54, 1.807) is 13.8 Å². The van der Waals surface area contributed by atoms with E-state index in [2.05, 4.69) is 9.72 Å². The quantitative estimate of drug-likeness (QED) is 0.875. The van der Waals surface area contributed by atoms with Crippen LogP contribution in [0.2, 0.25) is 0 Å². The summed E-state index contributed by atoms with van der Waals surface area (Å²) in [7, 11) is 0. The zero-order valence-electron chi connectivity index (χ0n) is 9.21. The largest absolute Gasteiger partial charge is 0.447 e. The van der Waals surface area contributed by atoms with Crippen molar-refractivity contribution in [3.63, 3.8) is 0 Å². The highest BCUT2D eigenvalue weighted by molar-refractivity contribution is 5.85. The molecule has 1 amide bonds. The van der Waals surface area contributed by atoms with E-state index in [1.165, 1.54) is 0 Å². The lowest BCUT2D eigenvalue weighted by molar-refractivity contribution is -0.137. The molecule has 1 aromatic rings. The topological polar surface area (TPSA) is 51.2 Å². The number of carbonyl (C=O) groups excluding carboxylic acids is 1. The maximum Gasteiger partial charge on any atom is 0.419 e. The van der Waals surface area contributed by atoms with Crippen LogP contribution in [0.25, 0.3) is 0 Å². The van der Waals surface area contributed by atoms with Crippen LogP contribution in [0.4, 0.5) is 23.7 Å². The van der Waals surface area contributed by atoms with Crippen LogP contribution in [0.1, 0.15) is 19.4 Å². The van der Waals surface area contributed by atoms with Gasteiger partial charge in [-0.1, -0.05) is 0 Å². The van der Waals surface area contributed by atoms with Crippen LogP contribution >= 0.6 is 0 Å². The van der Waals surface area contributed by atoms with E-state index in [9.17, 15) is 18.0 Å². The van der Waals surface area contributed by atoms with Gasteiger partial charge in [-0.3, -0.25) is 10.3 Å².